The van der Waals surface area contributed by atoms with Crippen LogP contribution in [0.4, 0.5) is 0 Å². The highest BCUT2D eigenvalue weighted by Crippen LogP contribution is 2.11. The summed E-state index contributed by atoms with van der Waals surface area (Å²) < 4.78 is 0. The summed E-state index contributed by atoms with van der Waals surface area (Å²) in [4.78, 5) is 10.3. The molecule has 0 radical (unpaired) electrons. The molecule has 0 aliphatic heterocycles. The van der Waals surface area contributed by atoms with Crippen molar-refractivity contribution in [2.24, 2.45) is 5.92 Å². The third-order valence-corrected chi connectivity index (χ3v) is 1.96. The Morgan fingerprint density at radius 1 is 1.60 bits per heavy atom. The van der Waals surface area contributed by atoms with Crippen LogP contribution in [-0.4, -0.2) is 5.24 Å². The molecule has 1 unspecified atom stereocenters. The summed E-state index contributed by atoms with van der Waals surface area (Å²) in [6.07, 6.45) is 3.79. The number of halogens is 1. The van der Waals surface area contributed by atoms with Crippen molar-refractivity contribution in [1.29, 1.82) is 0 Å². The molecule has 60 valence electrons. The maximum absolute atomic E-state index is 10.3. The van der Waals surface area contributed by atoms with Crippen molar-refractivity contribution >= 4 is 16.8 Å². The van der Waals surface area contributed by atoms with Gasteiger partial charge in [0.2, 0.25) is 5.24 Å². The summed E-state index contributed by atoms with van der Waals surface area (Å²) in [6, 6.07) is 0. The fourth-order valence-electron chi connectivity index (χ4n) is 0.794. The monoisotopic (exact) mass is 162 g/mol. The number of rotatable bonds is 5. The minimum absolute atomic E-state index is 0.205. The Morgan fingerprint density at radius 3 is 2.60 bits per heavy atom. The molecule has 0 rings (SSSR count). The van der Waals surface area contributed by atoms with Crippen LogP contribution in [0.15, 0.2) is 0 Å². The standard InChI is InChI=1S/C8H15ClO/c1-3-7(2)5-4-6-8(9)10/h7H,3-6H2,1-2H3. The lowest BCUT2D eigenvalue weighted by Gasteiger charge is -2.04. The van der Waals surface area contributed by atoms with Gasteiger partial charge in [0.05, 0.1) is 0 Å². The van der Waals surface area contributed by atoms with Gasteiger partial charge in [-0.15, -0.1) is 0 Å². The van der Waals surface area contributed by atoms with Gasteiger partial charge in [-0.1, -0.05) is 26.7 Å². The summed E-state index contributed by atoms with van der Waals surface area (Å²) in [5, 5.41) is -0.205. The summed E-state index contributed by atoms with van der Waals surface area (Å²) in [6.45, 7) is 4.35. The van der Waals surface area contributed by atoms with Crippen LogP contribution in [0.5, 0.6) is 0 Å². The second-order valence-corrected chi connectivity index (χ2v) is 3.18. The van der Waals surface area contributed by atoms with Crippen molar-refractivity contribution in [1.82, 2.24) is 0 Å². The van der Waals surface area contributed by atoms with Crippen molar-refractivity contribution in [2.75, 3.05) is 0 Å². The van der Waals surface area contributed by atoms with Gasteiger partial charge in [0.15, 0.2) is 0 Å². The second-order valence-electron chi connectivity index (χ2n) is 2.76. The van der Waals surface area contributed by atoms with E-state index in [0.717, 1.165) is 18.8 Å². The molecule has 0 aromatic rings. The number of hydrogen-bond donors (Lipinski definition) is 0. The van der Waals surface area contributed by atoms with E-state index in [1.54, 1.807) is 0 Å². The van der Waals surface area contributed by atoms with Crippen molar-refractivity contribution in [3.63, 3.8) is 0 Å². The van der Waals surface area contributed by atoms with E-state index in [4.69, 9.17) is 11.6 Å². The quantitative estimate of drug-likeness (QED) is 0.568. The average Bonchev–Trinajstić information content (AvgIpc) is 1.87. The Balaban J connectivity index is 3.11. The van der Waals surface area contributed by atoms with Crippen LogP contribution in [-0.2, 0) is 4.79 Å². The lowest BCUT2D eigenvalue weighted by atomic mass is 10.0. The molecule has 1 nitrogen and oxygen atoms in total. The Kier molecular flexibility index (Phi) is 5.70. The Hall–Kier alpha value is -0.0400. The highest BCUT2D eigenvalue weighted by molar-refractivity contribution is 6.63. The molecule has 0 aromatic carbocycles. The fourth-order valence-corrected chi connectivity index (χ4v) is 0.927. The van der Waals surface area contributed by atoms with Gasteiger partial charge in [-0.3, -0.25) is 4.79 Å². The molecule has 0 spiro atoms. The van der Waals surface area contributed by atoms with E-state index in [1.165, 1.54) is 6.42 Å². The van der Waals surface area contributed by atoms with Crippen molar-refractivity contribution in [3.8, 4) is 0 Å². The zero-order chi connectivity index (χ0) is 7.98. The van der Waals surface area contributed by atoms with E-state index < -0.39 is 0 Å². The zero-order valence-electron chi connectivity index (χ0n) is 6.69. The smallest absolute Gasteiger partial charge is 0.221 e. The minimum atomic E-state index is -0.205. The molecule has 0 aliphatic carbocycles. The Morgan fingerprint density at radius 2 is 2.20 bits per heavy atom. The lowest BCUT2D eigenvalue weighted by Crippen LogP contribution is -1.93. The van der Waals surface area contributed by atoms with Crippen LogP contribution in [0.1, 0.15) is 39.5 Å². The first-order valence-electron chi connectivity index (χ1n) is 3.85. The second kappa shape index (κ2) is 5.72. The highest BCUT2D eigenvalue weighted by Gasteiger charge is 2.00. The van der Waals surface area contributed by atoms with Gasteiger partial charge in [-0.05, 0) is 23.9 Å². The van der Waals surface area contributed by atoms with Gasteiger partial charge >= 0.3 is 0 Å². The summed E-state index contributed by atoms with van der Waals surface area (Å²) in [5.41, 5.74) is 0. The van der Waals surface area contributed by atoms with Gasteiger partial charge in [0.25, 0.3) is 0 Å². The first kappa shape index (κ1) is 9.96. The van der Waals surface area contributed by atoms with E-state index in [0.29, 0.717) is 6.42 Å². The minimum Gasteiger partial charge on any atom is -0.281 e. The molecule has 0 aromatic heterocycles. The molecule has 0 heterocycles. The molecule has 0 bridgehead atoms. The van der Waals surface area contributed by atoms with E-state index in [1.807, 2.05) is 0 Å². The molecule has 0 aliphatic rings. The van der Waals surface area contributed by atoms with Crippen molar-refractivity contribution < 1.29 is 4.79 Å². The topological polar surface area (TPSA) is 17.1 Å². The molecule has 1 atom stereocenters. The molecule has 0 N–H and O–H groups in total. The number of hydrogen-bond acceptors (Lipinski definition) is 1. The van der Waals surface area contributed by atoms with Crippen LogP contribution in [0.2, 0.25) is 0 Å². The first-order chi connectivity index (χ1) is 4.66. The van der Waals surface area contributed by atoms with Gasteiger partial charge in [-0.25, -0.2) is 0 Å². The molecular formula is C8H15ClO. The predicted octanol–water partition coefficient (Wildman–Crippen LogP) is 2.97. The van der Waals surface area contributed by atoms with Crippen LogP contribution < -0.4 is 0 Å². The van der Waals surface area contributed by atoms with Gasteiger partial charge in [0.1, 0.15) is 0 Å². The third-order valence-electron chi connectivity index (χ3n) is 1.77. The van der Waals surface area contributed by atoms with Crippen LogP contribution in [0.3, 0.4) is 0 Å². The van der Waals surface area contributed by atoms with Crippen molar-refractivity contribution in [2.45, 2.75) is 39.5 Å². The van der Waals surface area contributed by atoms with Gasteiger partial charge in [-0.2, -0.15) is 0 Å². The number of carbonyl (C=O) groups excluding carboxylic acids is 1. The van der Waals surface area contributed by atoms with E-state index in [9.17, 15) is 4.79 Å². The van der Waals surface area contributed by atoms with Gasteiger partial charge in [0, 0.05) is 6.42 Å². The summed E-state index contributed by atoms with van der Waals surface area (Å²) in [7, 11) is 0. The largest absolute Gasteiger partial charge is 0.281 e. The van der Waals surface area contributed by atoms with E-state index in [-0.39, 0.29) is 5.24 Å². The normalized spacial score (nSPS) is 13.1. The first-order valence-corrected chi connectivity index (χ1v) is 4.23. The summed E-state index contributed by atoms with van der Waals surface area (Å²) in [5.74, 6) is 0.732. The highest BCUT2D eigenvalue weighted by atomic mass is 35.5. The maximum atomic E-state index is 10.3. The van der Waals surface area contributed by atoms with Crippen LogP contribution in [0, 0.1) is 5.92 Å². The molecular weight excluding hydrogens is 148 g/mol. The van der Waals surface area contributed by atoms with E-state index in [2.05, 4.69) is 13.8 Å². The predicted molar refractivity (Wildman–Crippen MR) is 44.2 cm³/mol. The van der Waals surface area contributed by atoms with Crippen LogP contribution >= 0.6 is 11.6 Å². The fraction of sp³-hybridized carbons (Fsp3) is 0.875. The molecule has 0 amide bonds. The number of carbonyl (C=O) groups is 1. The molecule has 0 fully saturated rings. The van der Waals surface area contributed by atoms with Gasteiger partial charge < -0.3 is 0 Å². The summed E-state index contributed by atoms with van der Waals surface area (Å²) >= 11 is 5.17. The molecule has 2 heteroatoms. The molecule has 0 saturated heterocycles. The molecule has 0 saturated carbocycles. The zero-order valence-corrected chi connectivity index (χ0v) is 7.45. The maximum Gasteiger partial charge on any atom is 0.221 e. The lowest BCUT2D eigenvalue weighted by molar-refractivity contribution is -0.111. The Bertz CT molecular complexity index is 101. The Labute approximate surface area is 67.8 Å². The van der Waals surface area contributed by atoms with E-state index >= 15 is 0 Å². The van der Waals surface area contributed by atoms with Crippen molar-refractivity contribution in [3.05, 3.63) is 0 Å². The third kappa shape index (κ3) is 6.09. The molecule has 10 heavy (non-hydrogen) atoms. The average molecular weight is 163 g/mol. The SMILES string of the molecule is CCC(C)CCCC(=O)Cl. The van der Waals surface area contributed by atoms with Crippen LogP contribution in [0.25, 0.3) is 0 Å².